The fourth-order valence-electron chi connectivity index (χ4n) is 2.99. The Labute approximate surface area is 159 Å². The highest BCUT2D eigenvalue weighted by molar-refractivity contribution is 6.03. The molecule has 1 aromatic carbocycles. The minimum atomic E-state index is -1.63. The van der Waals surface area contributed by atoms with Crippen LogP contribution in [-0.4, -0.2) is 73.5 Å². The van der Waals surface area contributed by atoms with Gasteiger partial charge in [-0.15, -0.1) is 0 Å². The van der Waals surface area contributed by atoms with Gasteiger partial charge in [-0.3, -0.25) is 9.36 Å². The van der Waals surface area contributed by atoms with Gasteiger partial charge in [-0.2, -0.15) is 4.98 Å². The van der Waals surface area contributed by atoms with E-state index in [1.807, 2.05) is 0 Å². The molecule has 1 aromatic heterocycles. The van der Waals surface area contributed by atoms with Gasteiger partial charge in [-0.25, -0.2) is 4.79 Å². The monoisotopic (exact) mass is 391 g/mol. The van der Waals surface area contributed by atoms with Gasteiger partial charge >= 0.3 is 5.69 Å². The van der Waals surface area contributed by atoms with Gasteiger partial charge in [0.05, 0.1) is 19.3 Å². The smallest absolute Gasteiger partial charge is 0.349 e. The third-order valence-electron chi connectivity index (χ3n) is 4.60. The highest BCUT2D eigenvalue weighted by atomic mass is 16.5. The van der Waals surface area contributed by atoms with E-state index in [9.17, 15) is 30.0 Å². The minimum Gasteiger partial charge on any atom is -0.394 e. The van der Waals surface area contributed by atoms with Crippen LogP contribution in [-0.2, 0) is 4.74 Å². The lowest BCUT2D eigenvalue weighted by Crippen LogP contribution is -2.47. The number of aromatic nitrogens is 2. The predicted molar refractivity (Wildman–Crippen MR) is 96.8 cm³/mol. The van der Waals surface area contributed by atoms with Crippen molar-refractivity contribution in [3.8, 4) is 0 Å². The average Bonchev–Trinajstić information content (AvgIpc) is 2.81. The lowest BCUT2D eigenvalue weighted by molar-refractivity contribution is -0.106. The molecule has 1 saturated heterocycles. The van der Waals surface area contributed by atoms with Gasteiger partial charge < -0.3 is 30.5 Å². The van der Waals surface area contributed by atoms with Crippen LogP contribution in [0.4, 0.5) is 5.82 Å². The molecule has 0 aliphatic carbocycles. The van der Waals surface area contributed by atoms with E-state index < -0.39 is 48.7 Å². The molecule has 0 spiro atoms. The van der Waals surface area contributed by atoms with Crippen molar-refractivity contribution in [3.63, 3.8) is 0 Å². The third kappa shape index (κ3) is 4.11. The standard InChI is InChI=1S/C18H21N3O7/c22-8-12-15(24)16(25)14(23)11(9-28-12)21-7-6-13(20-18(21)27)19-17(26)10-4-2-1-3-5-10/h1-7,11-12,14-16,22-25H,8-9H2,(H,19,20,26,27)/t11-,12-,14+,15-,16-/m1/s1. The number of anilines is 1. The second kappa shape index (κ2) is 8.59. The van der Waals surface area contributed by atoms with Gasteiger partial charge in [0.2, 0.25) is 0 Å². The van der Waals surface area contributed by atoms with Gasteiger partial charge in [0.15, 0.2) is 0 Å². The Bertz CT molecular complexity index is 873. The molecule has 0 saturated carbocycles. The topological polar surface area (TPSA) is 154 Å². The normalized spacial score (nSPS) is 27.8. The second-order valence-electron chi connectivity index (χ2n) is 6.42. The Kier molecular flexibility index (Phi) is 6.17. The number of benzene rings is 1. The van der Waals surface area contributed by atoms with E-state index in [2.05, 4.69) is 10.3 Å². The van der Waals surface area contributed by atoms with Crippen molar-refractivity contribution < 1.29 is 30.0 Å². The molecule has 5 atom stereocenters. The number of nitrogens with zero attached hydrogens (tertiary/aromatic N) is 2. The molecular weight excluding hydrogens is 370 g/mol. The van der Waals surface area contributed by atoms with Crippen LogP contribution >= 0.6 is 0 Å². The molecule has 1 aliphatic rings. The van der Waals surface area contributed by atoms with E-state index in [4.69, 9.17) is 4.74 Å². The zero-order valence-electron chi connectivity index (χ0n) is 14.8. The Morgan fingerprint density at radius 2 is 1.86 bits per heavy atom. The summed E-state index contributed by atoms with van der Waals surface area (Å²) in [6, 6.07) is 8.72. The zero-order chi connectivity index (χ0) is 20.3. The zero-order valence-corrected chi connectivity index (χ0v) is 14.8. The van der Waals surface area contributed by atoms with Gasteiger partial charge in [0.25, 0.3) is 5.91 Å². The summed E-state index contributed by atoms with van der Waals surface area (Å²) in [6.07, 6.45) is -4.48. The van der Waals surface area contributed by atoms with Crippen LogP contribution in [0.1, 0.15) is 16.4 Å². The number of ether oxygens (including phenoxy) is 1. The predicted octanol–water partition coefficient (Wildman–Crippen LogP) is -1.49. The van der Waals surface area contributed by atoms with E-state index in [0.29, 0.717) is 5.56 Å². The number of aliphatic hydroxyl groups is 4. The Balaban J connectivity index is 1.80. The molecule has 0 bridgehead atoms. The number of rotatable bonds is 4. The molecule has 0 unspecified atom stereocenters. The number of hydrogen-bond acceptors (Lipinski definition) is 8. The minimum absolute atomic E-state index is 0.0213. The van der Waals surface area contributed by atoms with Crippen molar-refractivity contribution in [2.75, 3.05) is 18.5 Å². The van der Waals surface area contributed by atoms with Crippen LogP contribution < -0.4 is 11.0 Å². The molecule has 2 aromatic rings. The molecule has 3 rings (SSSR count). The van der Waals surface area contributed by atoms with Crippen molar-refractivity contribution in [3.05, 3.63) is 58.6 Å². The number of carbonyl (C=O) groups is 1. The highest BCUT2D eigenvalue weighted by Crippen LogP contribution is 2.23. The number of hydrogen-bond donors (Lipinski definition) is 5. The first-order chi connectivity index (χ1) is 13.4. The van der Waals surface area contributed by atoms with E-state index in [-0.39, 0.29) is 12.4 Å². The first-order valence-electron chi connectivity index (χ1n) is 8.64. The summed E-state index contributed by atoms with van der Waals surface area (Å²) in [6.45, 7) is -0.799. The number of nitrogens with one attached hydrogen (secondary N) is 1. The second-order valence-corrected chi connectivity index (χ2v) is 6.42. The van der Waals surface area contributed by atoms with Crippen LogP contribution in [0.5, 0.6) is 0 Å². The summed E-state index contributed by atoms with van der Waals surface area (Å²) in [5.74, 6) is -0.416. The molecule has 10 nitrogen and oxygen atoms in total. The summed E-state index contributed by atoms with van der Waals surface area (Å²) < 4.78 is 6.34. The number of carbonyl (C=O) groups excluding carboxylic acids is 1. The largest absolute Gasteiger partial charge is 0.394 e. The molecule has 1 aliphatic heterocycles. The van der Waals surface area contributed by atoms with Crippen LogP contribution in [0, 0.1) is 0 Å². The van der Waals surface area contributed by atoms with Crippen molar-refractivity contribution in [1.29, 1.82) is 0 Å². The average molecular weight is 391 g/mol. The van der Waals surface area contributed by atoms with Crippen LogP contribution in [0.15, 0.2) is 47.4 Å². The summed E-state index contributed by atoms with van der Waals surface area (Å²) in [5.41, 5.74) is -0.393. The van der Waals surface area contributed by atoms with E-state index in [1.54, 1.807) is 30.3 Å². The van der Waals surface area contributed by atoms with Crippen LogP contribution in [0.2, 0.25) is 0 Å². The Morgan fingerprint density at radius 3 is 2.50 bits per heavy atom. The Hall–Kier alpha value is -2.63. The first-order valence-corrected chi connectivity index (χ1v) is 8.64. The van der Waals surface area contributed by atoms with Crippen molar-refractivity contribution in [2.45, 2.75) is 30.5 Å². The van der Waals surface area contributed by atoms with Crippen molar-refractivity contribution in [2.24, 2.45) is 0 Å². The highest BCUT2D eigenvalue weighted by Gasteiger charge is 2.41. The third-order valence-corrected chi connectivity index (χ3v) is 4.60. The molecule has 1 amide bonds. The van der Waals surface area contributed by atoms with Gasteiger partial charge in [-0.05, 0) is 18.2 Å². The fourth-order valence-corrected chi connectivity index (χ4v) is 2.99. The summed E-state index contributed by atoms with van der Waals surface area (Å²) >= 11 is 0. The summed E-state index contributed by atoms with van der Waals surface area (Å²) in [7, 11) is 0. The summed E-state index contributed by atoms with van der Waals surface area (Å²) in [5, 5.41) is 42.0. The molecule has 150 valence electrons. The molecule has 5 N–H and O–H groups in total. The van der Waals surface area contributed by atoms with E-state index in [0.717, 1.165) is 4.57 Å². The van der Waals surface area contributed by atoms with Gasteiger partial charge in [0, 0.05) is 11.8 Å². The van der Waals surface area contributed by atoms with Gasteiger partial charge in [0.1, 0.15) is 30.2 Å². The molecule has 2 heterocycles. The lowest BCUT2D eigenvalue weighted by atomic mass is 10.00. The quantitative estimate of drug-likeness (QED) is 0.422. The molecule has 28 heavy (non-hydrogen) atoms. The van der Waals surface area contributed by atoms with Crippen LogP contribution in [0.25, 0.3) is 0 Å². The van der Waals surface area contributed by atoms with Crippen molar-refractivity contribution >= 4 is 11.7 Å². The lowest BCUT2D eigenvalue weighted by Gasteiger charge is -2.26. The fraction of sp³-hybridized carbons (Fsp3) is 0.389. The maximum absolute atomic E-state index is 12.4. The van der Waals surface area contributed by atoms with E-state index >= 15 is 0 Å². The molecule has 10 heteroatoms. The van der Waals surface area contributed by atoms with E-state index in [1.165, 1.54) is 12.3 Å². The number of amides is 1. The Morgan fingerprint density at radius 1 is 1.14 bits per heavy atom. The van der Waals surface area contributed by atoms with Crippen molar-refractivity contribution in [1.82, 2.24) is 9.55 Å². The molecule has 0 radical (unpaired) electrons. The maximum atomic E-state index is 12.4. The molecular formula is C18H21N3O7. The SMILES string of the molecule is O=C(Nc1ccn([C@@H]2CO[C@H](CO)[C@@H](O)[C@H](O)[C@H]2O)c(=O)n1)c1ccccc1. The maximum Gasteiger partial charge on any atom is 0.349 e. The number of aliphatic hydroxyl groups excluding tert-OH is 4. The van der Waals surface area contributed by atoms with Crippen LogP contribution in [0.3, 0.4) is 0 Å². The van der Waals surface area contributed by atoms with Gasteiger partial charge in [-0.1, -0.05) is 18.2 Å². The molecule has 1 fully saturated rings. The first kappa shape index (κ1) is 20.1. The summed E-state index contributed by atoms with van der Waals surface area (Å²) in [4.78, 5) is 28.3.